The number of ether oxygens (including phenoxy) is 3. The maximum atomic E-state index is 12.3. The first-order valence-corrected chi connectivity index (χ1v) is 8.95. The number of carbonyl (C=O) groups excluding carboxylic acids is 1. The van der Waals surface area contributed by atoms with Crippen molar-refractivity contribution in [1.82, 2.24) is 5.43 Å². The van der Waals surface area contributed by atoms with Crippen LogP contribution in [0.3, 0.4) is 0 Å². The van der Waals surface area contributed by atoms with Crippen LogP contribution in [0, 0.1) is 0 Å². The third-order valence-electron chi connectivity index (χ3n) is 3.89. The molecule has 2 aromatic carbocycles. The van der Waals surface area contributed by atoms with Crippen molar-refractivity contribution < 1.29 is 23.4 Å². The first-order chi connectivity index (χ1) is 13.6. The van der Waals surface area contributed by atoms with E-state index in [4.69, 9.17) is 18.6 Å². The molecule has 0 saturated heterocycles. The number of nitrogens with one attached hydrogen (secondary N) is 1. The van der Waals surface area contributed by atoms with Crippen molar-refractivity contribution in [3.8, 4) is 17.2 Å². The molecule has 0 saturated carbocycles. The first-order valence-electron chi connectivity index (χ1n) is 8.95. The number of rotatable bonds is 8. The topological polar surface area (TPSA) is 82.3 Å². The van der Waals surface area contributed by atoms with Gasteiger partial charge in [0.05, 0.1) is 26.5 Å². The van der Waals surface area contributed by atoms with Crippen molar-refractivity contribution in [2.24, 2.45) is 5.10 Å². The van der Waals surface area contributed by atoms with Crippen LogP contribution >= 0.6 is 0 Å². The maximum absolute atomic E-state index is 12.3. The van der Waals surface area contributed by atoms with Gasteiger partial charge in [-0.1, -0.05) is 0 Å². The molecule has 3 rings (SSSR count). The molecule has 1 aromatic heterocycles. The van der Waals surface area contributed by atoms with Crippen molar-refractivity contribution in [2.45, 2.75) is 13.8 Å². The van der Waals surface area contributed by atoms with Crippen LogP contribution in [-0.4, -0.2) is 32.4 Å². The smallest absolute Gasteiger partial charge is 0.307 e. The number of amides is 1. The molecular weight excluding hydrogens is 360 g/mol. The minimum atomic E-state index is -0.441. The first kappa shape index (κ1) is 19.3. The van der Waals surface area contributed by atoms with E-state index in [2.05, 4.69) is 10.5 Å². The van der Waals surface area contributed by atoms with E-state index in [1.165, 1.54) is 6.21 Å². The van der Waals surface area contributed by atoms with Gasteiger partial charge in [-0.3, -0.25) is 4.79 Å². The maximum Gasteiger partial charge on any atom is 0.307 e. The fourth-order valence-electron chi connectivity index (χ4n) is 2.65. The minimum absolute atomic E-state index is 0.172. The number of benzene rings is 2. The molecule has 1 heterocycles. The van der Waals surface area contributed by atoms with Crippen LogP contribution in [0.15, 0.2) is 52.0 Å². The molecule has 28 heavy (non-hydrogen) atoms. The zero-order valence-corrected chi connectivity index (χ0v) is 16.0. The van der Waals surface area contributed by atoms with Crippen LogP contribution in [0.25, 0.3) is 11.0 Å². The molecule has 1 N–H and O–H groups in total. The quantitative estimate of drug-likeness (QED) is 0.470. The lowest BCUT2D eigenvalue weighted by Crippen LogP contribution is -2.16. The number of hydrogen-bond donors (Lipinski definition) is 1. The molecule has 146 valence electrons. The number of furan rings is 1. The van der Waals surface area contributed by atoms with Crippen molar-refractivity contribution >= 4 is 23.1 Å². The molecule has 0 aliphatic carbocycles. The van der Waals surface area contributed by atoms with E-state index in [9.17, 15) is 4.79 Å². The largest absolute Gasteiger partial charge is 0.494 e. The Kier molecular flexibility index (Phi) is 6.16. The number of carbonyl (C=O) groups is 1. The summed E-state index contributed by atoms with van der Waals surface area (Å²) in [4.78, 5) is 12.3. The van der Waals surface area contributed by atoms with E-state index in [1.54, 1.807) is 37.4 Å². The van der Waals surface area contributed by atoms with E-state index in [0.29, 0.717) is 30.3 Å². The van der Waals surface area contributed by atoms with Gasteiger partial charge in [-0.25, -0.2) is 5.43 Å². The predicted octanol–water partition coefficient (Wildman–Crippen LogP) is 4.00. The summed E-state index contributed by atoms with van der Waals surface area (Å²) in [7, 11) is 1.58. The number of nitrogens with zero attached hydrogens (tertiary/aromatic N) is 1. The van der Waals surface area contributed by atoms with Gasteiger partial charge in [-0.2, -0.15) is 5.10 Å². The fourth-order valence-corrected chi connectivity index (χ4v) is 2.65. The minimum Gasteiger partial charge on any atom is -0.494 e. The molecule has 3 aromatic rings. The van der Waals surface area contributed by atoms with E-state index in [1.807, 2.05) is 26.0 Å². The van der Waals surface area contributed by atoms with Crippen LogP contribution in [0.4, 0.5) is 0 Å². The molecule has 0 bridgehead atoms. The summed E-state index contributed by atoms with van der Waals surface area (Å²) in [5, 5.41) is 4.77. The normalized spacial score (nSPS) is 11.0. The Morgan fingerprint density at radius 3 is 2.64 bits per heavy atom. The highest BCUT2D eigenvalue weighted by Gasteiger charge is 2.12. The summed E-state index contributed by atoms with van der Waals surface area (Å²) >= 11 is 0. The van der Waals surface area contributed by atoms with Crippen LogP contribution in [0.5, 0.6) is 17.2 Å². The Morgan fingerprint density at radius 2 is 1.89 bits per heavy atom. The number of methoxy groups -OCH3 is 1. The second-order valence-corrected chi connectivity index (χ2v) is 5.79. The average molecular weight is 382 g/mol. The van der Waals surface area contributed by atoms with Crippen LogP contribution in [0.2, 0.25) is 0 Å². The molecule has 1 amide bonds. The van der Waals surface area contributed by atoms with E-state index in [-0.39, 0.29) is 5.76 Å². The Balaban J connectivity index is 1.69. The summed E-state index contributed by atoms with van der Waals surface area (Å²) in [5.74, 6) is 1.71. The van der Waals surface area contributed by atoms with Crippen molar-refractivity contribution in [2.75, 3.05) is 20.3 Å². The van der Waals surface area contributed by atoms with Gasteiger partial charge in [-0.15, -0.1) is 0 Å². The number of fused-ring (bicyclic) bond motifs is 1. The Bertz CT molecular complexity index is 994. The Labute approximate surface area is 162 Å². The van der Waals surface area contributed by atoms with Gasteiger partial charge in [-0.05, 0) is 61.9 Å². The highest BCUT2D eigenvalue weighted by Crippen LogP contribution is 2.27. The van der Waals surface area contributed by atoms with Gasteiger partial charge in [0, 0.05) is 5.39 Å². The second-order valence-electron chi connectivity index (χ2n) is 5.79. The van der Waals surface area contributed by atoms with Crippen LogP contribution in [-0.2, 0) is 0 Å². The monoisotopic (exact) mass is 382 g/mol. The standard InChI is InChI=1S/C21H22N2O5/c1-4-26-16-7-9-17-15(11-16)12-20(28-17)21(24)23-22-13-14-6-8-18(25-3)19(10-14)27-5-2/h6-13H,4-5H2,1-3H3,(H,23,24)/b22-13+. The van der Waals surface area contributed by atoms with Gasteiger partial charge in [0.2, 0.25) is 0 Å². The third-order valence-corrected chi connectivity index (χ3v) is 3.89. The molecule has 0 aliphatic rings. The van der Waals surface area contributed by atoms with Gasteiger partial charge in [0.25, 0.3) is 0 Å². The number of hydrazone groups is 1. The lowest BCUT2D eigenvalue weighted by atomic mass is 10.2. The molecule has 0 unspecified atom stereocenters. The summed E-state index contributed by atoms with van der Waals surface area (Å²) in [6.07, 6.45) is 1.52. The lowest BCUT2D eigenvalue weighted by molar-refractivity contribution is 0.0929. The Morgan fingerprint density at radius 1 is 1.07 bits per heavy atom. The van der Waals surface area contributed by atoms with E-state index in [0.717, 1.165) is 16.7 Å². The average Bonchev–Trinajstić information content (AvgIpc) is 3.12. The van der Waals surface area contributed by atoms with Crippen molar-refractivity contribution in [1.29, 1.82) is 0 Å². The van der Waals surface area contributed by atoms with Gasteiger partial charge in [0.1, 0.15) is 11.3 Å². The van der Waals surface area contributed by atoms with Gasteiger partial charge in [0.15, 0.2) is 17.3 Å². The zero-order valence-electron chi connectivity index (χ0n) is 16.0. The van der Waals surface area contributed by atoms with E-state index >= 15 is 0 Å². The van der Waals surface area contributed by atoms with Crippen molar-refractivity contribution in [3.63, 3.8) is 0 Å². The van der Waals surface area contributed by atoms with Crippen LogP contribution in [0.1, 0.15) is 30.0 Å². The molecule has 7 nitrogen and oxygen atoms in total. The van der Waals surface area contributed by atoms with Gasteiger partial charge < -0.3 is 18.6 Å². The number of hydrogen-bond acceptors (Lipinski definition) is 6. The highest BCUT2D eigenvalue weighted by atomic mass is 16.5. The molecule has 0 atom stereocenters. The molecule has 7 heteroatoms. The zero-order chi connectivity index (χ0) is 19.9. The van der Waals surface area contributed by atoms with Gasteiger partial charge >= 0.3 is 5.91 Å². The predicted molar refractivity (Wildman–Crippen MR) is 107 cm³/mol. The van der Waals surface area contributed by atoms with E-state index < -0.39 is 5.91 Å². The van der Waals surface area contributed by atoms with Crippen molar-refractivity contribution in [3.05, 3.63) is 53.8 Å². The summed E-state index contributed by atoms with van der Waals surface area (Å²) in [6.45, 7) is 4.90. The lowest BCUT2D eigenvalue weighted by Gasteiger charge is -2.09. The third kappa shape index (κ3) is 4.43. The fraction of sp³-hybridized carbons (Fsp3) is 0.238. The second kappa shape index (κ2) is 8.94. The van der Waals surface area contributed by atoms with Crippen LogP contribution < -0.4 is 19.6 Å². The Hall–Kier alpha value is -3.48. The highest BCUT2D eigenvalue weighted by molar-refractivity contribution is 5.96. The SMILES string of the molecule is CCOc1ccc2oc(C(=O)N/N=C/c3ccc(OC)c(OCC)c3)cc2c1. The summed E-state index contributed by atoms with van der Waals surface area (Å²) < 4.78 is 21.8. The summed E-state index contributed by atoms with van der Waals surface area (Å²) in [5.41, 5.74) is 3.83. The molecular formula is C21H22N2O5. The molecule has 0 fully saturated rings. The summed E-state index contributed by atoms with van der Waals surface area (Å²) in [6, 6.07) is 12.4. The molecule has 0 spiro atoms. The molecule has 0 aliphatic heterocycles. The molecule has 0 radical (unpaired) electrons.